The molecule has 19 heavy (non-hydrogen) atoms. The molecule has 2 atom stereocenters. The van der Waals surface area contributed by atoms with Crippen molar-refractivity contribution in [3.8, 4) is 0 Å². The van der Waals surface area contributed by atoms with E-state index in [-0.39, 0.29) is 12.5 Å². The van der Waals surface area contributed by atoms with E-state index in [0.29, 0.717) is 5.56 Å². The molecule has 0 spiro atoms. The lowest BCUT2D eigenvalue weighted by atomic mass is 9.88. The Hall–Kier alpha value is -1.71. The fraction of sp³-hybridized carbons (Fsp3) is 0.250. The largest absolute Gasteiger partial charge is 0.388 e. The number of benzene rings is 2. The summed E-state index contributed by atoms with van der Waals surface area (Å²) in [5.74, 6) is -0.704. The van der Waals surface area contributed by atoms with Gasteiger partial charge in [0.2, 0.25) is 0 Å². The molecule has 0 aliphatic carbocycles. The molecule has 2 aromatic carbocycles. The van der Waals surface area contributed by atoms with Crippen LogP contribution in [0, 0.1) is 12.7 Å². The van der Waals surface area contributed by atoms with E-state index in [2.05, 4.69) is 0 Å². The Bertz CT molecular complexity index is 542. The Kier molecular flexibility index (Phi) is 4.30. The van der Waals surface area contributed by atoms with Crippen molar-refractivity contribution in [2.75, 3.05) is 6.54 Å². The van der Waals surface area contributed by atoms with Gasteiger partial charge in [0.05, 0.1) is 6.10 Å². The predicted molar refractivity (Wildman–Crippen MR) is 74.3 cm³/mol. The summed E-state index contributed by atoms with van der Waals surface area (Å²) in [6.07, 6.45) is -0.938. The molecule has 3 N–H and O–H groups in total. The molecule has 0 fully saturated rings. The molecule has 0 amide bonds. The van der Waals surface area contributed by atoms with E-state index in [1.807, 2.05) is 37.3 Å². The molecule has 2 aromatic rings. The number of hydrogen-bond acceptors (Lipinski definition) is 2. The Morgan fingerprint density at radius 1 is 1.16 bits per heavy atom. The van der Waals surface area contributed by atoms with Crippen molar-refractivity contribution in [2.45, 2.75) is 18.9 Å². The Labute approximate surface area is 112 Å². The summed E-state index contributed by atoms with van der Waals surface area (Å²) < 4.78 is 13.8. The topological polar surface area (TPSA) is 46.2 Å². The molecular weight excluding hydrogens is 241 g/mol. The van der Waals surface area contributed by atoms with Gasteiger partial charge in [-0.05, 0) is 18.6 Å². The molecule has 2 nitrogen and oxygen atoms in total. The van der Waals surface area contributed by atoms with Crippen molar-refractivity contribution < 1.29 is 9.50 Å². The van der Waals surface area contributed by atoms with E-state index in [0.717, 1.165) is 11.1 Å². The standard InChI is InChI=1S/C16H18FNO/c1-11-7-8-15(17)13(9-11)16(19)14(10-18)12-5-3-2-4-6-12/h2-9,14,16,19H,10,18H2,1H3. The molecule has 0 saturated heterocycles. The summed E-state index contributed by atoms with van der Waals surface area (Å²) in [6, 6.07) is 14.2. The molecule has 2 unspecified atom stereocenters. The van der Waals surface area contributed by atoms with Gasteiger partial charge in [0.25, 0.3) is 0 Å². The van der Waals surface area contributed by atoms with Crippen LogP contribution in [0.4, 0.5) is 4.39 Å². The SMILES string of the molecule is Cc1ccc(F)c(C(O)C(CN)c2ccccc2)c1. The van der Waals surface area contributed by atoms with Gasteiger partial charge in [0, 0.05) is 18.0 Å². The molecule has 0 aliphatic heterocycles. The van der Waals surface area contributed by atoms with Gasteiger partial charge in [0.15, 0.2) is 0 Å². The van der Waals surface area contributed by atoms with E-state index in [4.69, 9.17) is 5.73 Å². The second kappa shape index (κ2) is 5.95. The highest BCUT2D eigenvalue weighted by molar-refractivity contribution is 5.30. The summed E-state index contributed by atoms with van der Waals surface area (Å²) in [5, 5.41) is 10.4. The van der Waals surface area contributed by atoms with E-state index < -0.39 is 11.9 Å². The Balaban J connectivity index is 2.36. The highest BCUT2D eigenvalue weighted by Gasteiger charge is 2.23. The third kappa shape index (κ3) is 3.00. The lowest BCUT2D eigenvalue weighted by Crippen LogP contribution is -2.21. The van der Waals surface area contributed by atoms with E-state index >= 15 is 0 Å². The van der Waals surface area contributed by atoms with Crippen molar-refractivity contribution in [3.05, 3.63) is 71.0 Å². The summed E-state index contributed by atoms with van der Waals surface area (Å²) in [4.78, 5) is 0. The van der Waals surface area contributed by atoms with Crippen LogP contribution < -0.4 is 5.73 Å². The molecule has 2 rings (SSSR count). The first-order valence-corrected chi connectivity index (χ1v) is 6.32. The zero-order chi connectivity index (χ0) is 13.8. The molecule has 0 saturated carbocycles. The maximum atomic E-state index is 13.8. The predicted octanol–water partition coefficient (Wildman–Crippen LogP) is 2.91. The van der Waals surface area contributed by atoms with Crippen LogP contribution in [0.3, 0.4) is 0 Å². The monoisotopic (exact) mass is 259 g/mol. The van der Waals surface area contributed by atoms with Crippen LogP contribution in [0.15, 0.2) is 48.5 Å². The van der Waals surface area contributed by atoms with Gasteiger partial charge in [-0.3, -0.25) is 0 Å². The van der Waals surface area contributed by atoms with Gasteiger partial charge >= 0.3 is 0 Å². The van der Waals surface area contributed by atoms with Crippen molar-refractivity contribution in [3.63, 3.8) is 0 Å². The van der Waals surface area contributed by atoms with Gasteiger partial charge in [-0.25, -0.2) is 4.39 Å². The van der Waals surface area contributed by atoms with Crippen LogP contribution in [0.25, 0.3) is 0 Å². The first-order chi connectivity index (χ1) is 9.13. The first kappa shape index (κ1) is 13.7. The van der Waals surface area contributed by atoms with Gasteiger partial charge in [-0.15, -0.1) is 0 Å². The fourth-order valence-corrected chi connectivity index (χ4v) is 2.25. The van der Waals surface area contributed by atoms with E-state index in [1.165, 1.54) is 6.07 Å². The average Bonchev–Trinajstić information content (AvgIpc) is 2.43. The van der Waals surface area contributed by atoms with Crippen LogP contribution in [0.2, 0.25) is 0 Å². The molecule has 0 aliphatic rings. The summed E-state index contributed by atoms with van der Waals surface area (Å²) >= 11 is 0. The zero-order valence-electron chi connectivity index (χ0n) is 10.9. The van der Waals surface area contributed by atoms with E-state index in [1.54, 1.807) is 12.1 Å². The Morgan fingerprint density at radius 2 is 1.84 bits per heavy atom. The minimum absolute atomic E-state index is 0.262. The second-order valence-electron chi connectivity index (χ2n) is 4.72. The fourth-order valence-electron chi connectivity index (χ4n) is 2.25. The highest BCUT2D eigenvalue weighted by atomic mass is 19.1. The van der Waals surface area contributed by atoms with Gasteiger partial charge in [0.1, 0.15) is 5.82 Å². The molecule has 0 aromatic heterocycles. The molecule has 0 heterocycles. The van der Waals surface area contributed by atoms with Gasteiger partial charge in [-0.2, -0.15) is 0 Å². The normalized spacial score (nSPS) is 14.1. The van der Waals surface area contributed by atoms with Gasteiger partial charge in [-0.1, -0.05) is 48.0 Å². The summed E-state index contributed by atoms with van der Waals surface area (Å²) in [5.41, 5.74) is 7.88. The number of aliphatic hydroxyl groups is 1. The summed E-state index contributed by atoms with van der Waals surface area (Å²) in [6.45, 7) is 2.13. The Morgan fingerprint density at radius 3 is 2.47 bits per heavy atom. The minimum atomic E-state index is -0.938. The smallest absolute Gasteiger partial charge is 0.129 e. The molecule has 3 heteroatoms. The zero-order valence-corrected chi connectivity index (χ0v) is 10.9. The summed E-state index contributed by atoms with van der Waals surface area (Å²) in [7, 11) is 0. The lowest BCUT2D eigenvalue weighted by molar-refractivity contribution is 0.143. The second-order valence-corrected chi connectivity index (χ2v) is 4.72. The van der Waals surface area contributed by atoms with Crippen molar-refractivity contribution >= 4 is 0 Å². The number of aryl methyl sites for hydroxylation is 1. The van der Waals surface area contributed by atoms with Gasteiger partial charge < -0.3 is 10.8 Å². The number of nitrogens with two attached hydrogens (primary N) is 1. The maximum absolute atomic E-state index is 13.8. The molecule has 0 bridgehead atoms. The minimum Gasteiger partial charge on any atom is -0.388 e. The van der Waals surface area contributed by atoms with Crippen molar-refractivity contribution in [1.29, 1.82) is 0 Å². The quantitative estimate of drug-likeness (QED) is 0.886. The highest BCUT2D eigenvalue weighted by Crippen LogP contribution is 2.31. The third-order valence-electron chi connectivity index (χ3n) is 3.33. The molecule has 0 radical (unpaired) electrons. The lowest BCUT2D eigenvalue weighted by Gasteiger charge is -2.23. The third-order valence-corrected chi connectivity index (χ3v) is 3.33. The van der Waals surface area contributed by atoms with Crippen LogP contribution in [-0.2, 0) is 0 Å². The number of halogens is 1. The molecular formula is C16H18FNO. The van der Waals surface area contributed by atoms with Crippen LogP contribution in [-0.4, -0.2) is 11.7 Å². The van der Waals surface area contributed by atoms with Crippen LogP contribution >= 0.6 is 0 Å². The van der Waals surface area contributed by atoms with Crippen molar-refractivity contribution in [1.82, 2.24) is 0 Å². The number of rotatable bonds is 4. The molecule has 100 valence electrons. The van der Waals surface area contributed by atoms with E-state index in [9.17, 15) is 9.50 Å². The maximum Gasteiger partial charge on any atom is 0.129 e. The van der Waals surface area contributed by atoms with Crippen LogP contribution in [0.5, 0.6) is 0 Å². The number of aliphatic hydroxyl groups excluding tert-OH is 1. The first-order valence-electron chi connectivity index (χ1n) is 6.32. The number of hydrogen-bond donors (Lipinski definition) is 2. The average molecular weight is 259 g/mol. The van der Waals surface area contributed by atoms with Crippen molar-refractivity contribution in [2.24, 2.45) is 5.73 Å². The van der Waals surface area contributed by atoms with Crippen LogP contribution in [0.1, 0.15) is 28.7 Å².